The molecule has 0 radical (unpaired) electrons. The summed E-state index contributed by atoms with van der Waals surface area (Å²) in [5.74, 6) is -2.07. The minimum Gasteiger partial charge on any atom is -0.481 e. The van der Waals surface area contributed by atoms with E-state index >= 15 is 0 Å². The van der Waals surface area contributed by atoms with E-state index in [0.29, 0.717) is 13.1 Å². The largest absolute Gasteiger partial charge is 0.481 e. The van der Waals surface area contributed by atoms with E-state index in [4.69, 9.17) is 10.8 Å². The zero-order valence-corrected chi connectivity index (χ0v) is 12.0. The van der Waals surface area contributed by atoms with Crippen molar-refractivity contribution in [1.29, 1.82) is 0 Å². The predicted molar refractivity (Wildman–Crippen MR) is 72.9 cm³/mol. The maximum absolute atomic E-state index is 12.4. The highest BCUT2D eigenvalue weighted by molar-refractivity contribution is 5.83. The second-order valence-corrected chi connectivity index (χ2v) is 5.35. The normalized spacial score (nSPS) is 21.8. The molecule has 20 heavy (non-hydrogen) atoms. The maximum Gasteiger partial charge on any atom is 0.320 e. The van der Waals surface area contributed by atoms with Gasteiger partial charge < -0.3 is 20.6 Å². The standard InChI is InChI=1S/C13H23N3O4/c1-3-4-5-15(8-11(14)17)13(20)16-6-9(2)10(7-16)12(18)19/h9-10H,3-8H2,1-2H3,(H2,14,17)(H,18,19). The lowest BCUT2D eigenvalue weighted by atomic mass is 9.99. The summed E-state index contributed by atoms with van der Waals surface area (Å²) in [5, 5.41) is 9.08. The number of nitrogens with two attached hydrogens (primary N) is 1. The minimum atomic E-state index is -0.886. The SMILES string of the molecule is CCCCN(CC(N)=O)C(=O)N1CC(C)C(C(=O)O)C1. The van der Waals surface area contributed by atoms with Crippen LogP contribution in [0.15, 0.2) is 0 Å². The summed E-state index contributed by atoms with van der Waals surface area (Å²) in [6.07, 6.45) is 1.68. The molecule has 0 aliphatic carbocycles. The van der Waals surface area contributed by atoms with Crippen molar-refractivity contribution in [3.63, 3.8) is 0 Å². The fourth-order valence-electron chi connectivity index (χ4n) is 2.42. The second kappa shape index (κ2) is 7.12. The number of hydrogen-bond donors (Lipinski definition) is 2. The Morgan fingerprint density at radius 2 is 2.00 bits per heavy atom. The van der Waals surface area contributed by atoms with Gasteiger partial charge in [0.15, 0.2) is 0 Å². The minimum absolute atomic E-state index is 0.0851. The Morgan fingerprint density at radius 1 is 1.35 bits per heavy atom. The van der Waals surface area contributed by atoms with Crippen LogP contribution in [0.5, 0.6) is 0 Å². The number of aliphatic carboxylic acids is 1. The van der Waals surface area contributed by atoms with Gasteiger partial charge in [-0.05, 0) is 12.3 Å². The molecule has 7 nitrogen and oxygen atoms in total. The van der Waals surface area contributed by atoms with Crippen LogP contribution in [-0.4, -0.2) is 59.0 Å². The van der Waals surface area contributed by atoms with Crippen molar-refractivity contribution in [2.45, 2.75) is 26.7 Å². The first-order valence-corrected chi connectivity index (χ1v) is 6.91. The molecule has 1 aliphatic rings. The number of carbonyl (C=O) groups excluding carboxylic acids is 2. The van der Waals surface area contributed by atoms with Gasteiger partial charge in [0, 0.05) is 19.6 Å². The van der Waals surface area contributed by atoms with Crippen LogP contribution in [0.2, 0.25) is 0 Å². The lowest BCUT2D eigenvalue weighted by Gasteiger charge is -2.27. The van der Waals surface area contributed by atoms with Crippen LogP contribution in [-0.2, 0) is 9.59 Å². The third-order valence-electron chi connectivity index (χ3n) is 3.60. The first kappa shape index (κ1) is 16.3. The van der Waals surface area contributed by atoms with Crippen LogP contribution in [0, 0.1) is 11.8 Å². The van der Waals surface area contributed by atoms with E-state index in [2.05, 4.69) is 0 Å². The summed E-state index contributed by atoms with van der Waals surface area (Å²) >= 11 is 0. The van der Waals surface area contributed by atoms with E-state index in [1.54, 1.807) is 0 Å². The zero-order chi connectivity index (χ0) is 15.3. The third kappa shape index (κ3) is 4.11. The van der Waals surface area contributed by atoms with Gasteiger partial charge in [-0.15, -0.1) is 0 Å². The lowest BCUT2D eigenvalue weighted by molar-refractivity contribution is -0.142. The summed E-state index contributed by atoms with van der Waals surface area (Å²) in [6.45, 7) is 4.73. The highest BCUT2D eigenvalue weighted by Crippen LogP contribution is 2.24. The van der Waals surface area contributed by atoms with E-state index in [-0.39, 0.29) is 25.0 Å². The van der Waals surface area contributed by atoms with Gasteiger partial charge in [-0.2, -0.15) is 0 Å². The van der Waals surface area contributed by atoms with Gasteiger partial charge in [-0.3, -0.25) is 9.59 Å². The molecule has 1 aliphatic heterocycles. The van der Waals surface area contributed by atoms with Gasteiger partial charge in [0.25, 0.3) is 0 Å². The van der Waals surface area contributed by atoms with Gasteiger partial charge >= 0.3 is 12.0 Å². The fraction of sp³-hybridized carbons (Fsp3) is 0.769. The summed E-state index contributed by atoms with van der Waals surface area (Å²) in [6, 6.07) is -0.298. The molecule has 1 fully saturated rings. The molecule has 7 heteroatoms. The number of carbonyl (C=O) groups is 3. The molecule has 2 unspecified atom stereocenters. The number of unbranched alkanes of at least 4 members (excludes halogenated alkanes) is 1. The number of likely N-dealkylation sites (tertiary alicyclic amines) is 1. The van der Waals surface area contributed by atoms with Crippen molar-refractivity contribution in [3.8, 4) is 0 Å². The summed E-state index contributed by atoms with van der Waals surface area (Å²) in [5.41, 5.74) is 5.16. The highest BCUT2D eigenvalue weighted by Gasteiger charge is 2.38. The smallest absolute Gasteiger partial charge is 0.320 e. The van der Waals surface area contributed by atoms with Gasteiger partial charge in [0.05, 0.1) is 5.92 Å². The molecule has 0 spiro atoms. The fourth-order valence-corrected chi connectivity index (χ4v) is 2.42. The van der Waals surface area contributed by atoms with Crippen LogP contribution in [0.25, 0.3) is 0 Å². The Balaban J connectivity index is 2.69. The molecule has 3 N–H and O–H groups in total. The van der Waals surface area contributed by atoms with E-state index in [1.165, 1.54) is 9.80 Å². The number of carboxylic acid groups (broad SMARTS) is 1. The Kier molecular flexibility index (Phi) is 5.79. The number of carboxylic acids is 1. The number of rotatable bonds is 6. The van der Waals surface area contributed by atoms with Crippen LogP contribution in [0.1, 0.15) is 26.7 Å². The molecule has 1 saturated heterocycles. The van der Waals surface area contributed by atoms with Gasteiger partial charge in [0.1, 0.15) is 6.54 Å². The average Bonchev–Trinajstić information content (AvgIpc) is 2.75. The zero-order valence-electron chi connectivity index (χ0n) is 12.0. The monoisotopic (exact) mass is 285 g/mol. The van der Waals surface area contributed by atoms with E-state index in [1.807, 2.05) is 13.8 Å². The molecule has 0 aromatic heterocycles. The molecule has 1 rings (SSSR count). The number of urea groups is 1. The van der Waals surface area contributed by atoms with Gasteiger partial charge in [-0.25, -0.2) is 4.79 Å². The number of primary amides is 1. The van der Waals surface area contributed by atoms with Crippen molar-refractivity contribution < 1.29 is 19.5 Å². The summed E-state index contributed by atoms with van der Waals surface area (Å²) < 4.78 is 0. The molecule has 0 aromatic rings. The van der Waals surface area contributed by atoms with Crippen molar-refractivity contribution in [2.24, 2.45) is 17.6 Å². The molecular weight excluding hydrogens is 262 g/mol. The Bertz CT molecular complexity index is 386. The number of amides is 3. The van der Waals surface area contributed by atoms with E-state index in [9.17, 15) is 14.4 Å². The van der Waals surface area contributed by atoms with Crippen LogP contribution in [0.4, 0.5) is 4.79 Å². The van der Waals surface area contributed by atoms with Crippen LogP contribution >= 0.6 is 0 Å². The van der Waals surface area contributed by atoms with Crippen LogP contribution < -0.4 is 5.73 Å². The number of nitrogens with zero attached hydrogens (tertiary/aromatic N) is 2. The summed E-state index contributed by atoms with van der Waals surface area (Å²) in [7, 11) is 0. The van der Waals surface area contributed by atoms with Crippen molar-refractivity contribution in [3.05, 3.63) is 0 Å². The van der Waals surface area contributed by atoms with Gasteiger partial charge in [0.2, 0.25) is 5.91 Å². The molecule has 0 bridgehead atoms. The molecule has 114 valence electrons. The summed E-state index contributed by atoms with van der Waals surface area (Å²) in [4.78, 5) is 37.4. The average molecular weight is 285 g/mol. The molecule has 1 heterocycles. The van der Waals surface area contributed by atoms with Crippen LogP contribution in [0.3, 0.4) is 0 Å². The van der Waals surface area contributed by atoms with E-state index < -0.39 is 17.8 Å². The molecular formula is C13H23N3O4. The van der Waals surface area contributed by atoms with E-state index in [0.717, 1.165) is 12.8 Å². The predicted octanol–water partition coefficient (Wildman–Crippen LogP) is 0.346. The molecule has 0 saturated carbocycles. The van der Waals surface area contributed by atoms with Crippen molar-refractivity contribution in [1.82, 2.24) is 9.80 Å². The van der Waals surface area contributed by atoms with Crippen molar-refractivity contribution in [2.75, 3.05) is 26.2 Å². The maximum atomic E-state index is 12.4. The Morgan fingerprint density at radius 3 is 2.45 bits per heavy atom. The molecule has 0 aromatic carbocycles. The first-order valence-electron chi connectivity index (χ1n) is 6.91. The van der Waals surface area contributed by atoms with Gasteiger partial charge in [-0.1, -0.05) is 20.3 Å². The Labute approximate surface area is 118 Å². The molecule has 2 atom stereocenters. The highest BCUT2D eigenvalue weighted by atomic mass is 16.4. The third-order valence-corrected chi connectivity index (χ3v) is 3.60. The quantitative estimate of drug-likeness (QED) is 0.734. The molecule has 3 amide bonds. The number of hydrogen-bond acceptors (Lipinski definition) is 3. The second-order valence-electron chi connectivity index (χ2n) is 5.35. The lowest BCUT2D eigenvalue weighted by Crippen LogP contribution is -2.46. The topological polar surface area (TPSA) is 104 Å². The first-order chi connectivity index (χ1) is 9.36. The van der Waals surface area contributed by atoms with Crippen molar-refractivity contribution >= 4 is 17.9 Å². The Hall–Kier alpha value is -1.79.